The van der Waals surface area contributed by atoms with Crippen LogP contribution in [0, 0.1) is 5.92 Å². The summed E-state index contributed by atoms with van der Waals surface area (Å²) in [5.74, 6) is 0.861. The number of nitrogens with one attached hydrogen (secondary N) is 1. The van der Waals surface area contributed by atoms with Gasteiger partial charge in [0.1, 0.15) is 0 Å². The van der Waals surface area contributed by atoms with Crippen LogP contribution in [0.25, 0.3) is 0 Å². The summed E-state index contributed by atoms with van der Waals surface area (Å²) in [5, 5.41) is 4.43. The van der Waals surface area contributed by atoms with Crippen molar-refractivity contribution in [1.82, 2.24) is 5.32 Å². The molecule has 98 valence electrons. The van der Waals surface area contributed by atoms with Gasteiger partial charge in [-0.2, -0.15) is 0 Å². The van der Waals surface area contributed by atoms with Crippen LogP contribution in [0.3, 0.4) is 0 Å². The van der Waals surface area contributed by atoms with Crippen molar-refractivity contribution >= 4 is 11.6 Å². The lowest BCUT2D eigenvalue weighted by Crippen LogP contribution is -2.24. The van der Waals surface area contributed by atoms with Gasteiger partial charge in [-0.3, -0.25) is 0 Å². The van der Waals surface area contributed by atoms with Gasteiger partial charge in [0, 0.05) is 24.2 Å². The van der Waals surface area contributed by atoms with Gasteiger partial charge in [-0.25, -0.2) is 0 Å². The van der Waals surface area contributed by atoms with Crippen LogP contribution >= 0.6 is 11.6 Å². The van der Waals surface area contributed by atoms with Crippen LogP contribution in [0.4, 0.5) is 0 Å². The third-order valence-corrected chi connectivity index (χ3v) is 4.11. The van der Waals surface area contributed by atoms with E-state index >= 15 is 0 Å². The zero-order valence-corrected chi connectivity index (χ0v) is 11.4. The molecule has 3 heteroatoms. The Hall–Kier alpha value is -0.570. The topological polar surface area (TPSA) is 21.3 Å². The lowest BCUT2D eigenvalue weighted by Gasteiger charge is -2.14. The van der Waals surface area contributed by atoms with Crippen molar-refractivity contribution in [2.75, 3.05) is 19.8 Å². The molecular formula is C15H20ClNO. The van der Waals surface area contributed by atoms with Crippen LogP contribution in [-0.2, 0) is 11.2 Å². The molecule has 0 heterocycles. The maximum absolute atomic E-state index is 6.01. The maximum atomic E-state index is 6.01. The number of benzene rings is 1. The van der Waals surface area contributed by atoms with Crippen molar-refractivity contribution in [3.05, 3.63) is 34.3 Å². The fraction of sp³-hybridized carbons (Fsp3) is 0.600. The van der Waals surface area contributed by atoms with Crippen molar-refractivity contribution < 1.29 is 4.74 Å². The molecule has 1 saturated carbocycles. The van der Waals surface area contributed by atoms with Crippen LogP contribution in [0.2, 0.25) is 5.02 Å². The first kappa shape index (κ1) is 12.5. The average molecular weight is 266 g/mol. The Kier molecular flexibility index (Phi) is 3.88. The van der Waals surface area contributed by atoms with Gasteiger partial charge in [-0.15, -0.1) is 0 Å². The summed E-state index contributed by atoms with van der Waals surface area (Å²) in [6, 6.07) is 6.74. The summed E-state index contributed by atoms with van der Waals surface area (Å²) in [4.78, 5) is 0. The summed E-state index contributed by atoms with van der Waals surface area (Å²) in [5.41, 5.74) is 2.82. The first-order valence-electron chi connectivity index (χ1n) is 6.92. The molecule has 0 aromatic heterocycles. The van der Waals surface area contributed by atoms with Gasteiger partial charge in [0.2, 0.25) is 0 Å². The lowest BCUT2D eigenvalue weighted by atomic mass is 10.1. The number of halogens is 1. The van der Waals surface area contributed by atoms with Crippen molar-refractivity contribution in [1.29, 1.82) is 0 Å². The highest BCUT2D eigenvalue weighted by atomic mass is 35.5. The summed E-state index contributed by atoms with van der Waals surface area (Å²) < 4.78 is 5.64. The quantitative estimate of drug-likeness (QED) is 0.797. The van der Waals surface area contributed by atoms with Crippen molar-refractivity contribution in [2.45, 2.75) is 31.7 Å². The Bertz CT molecular complexity index is 417. The first-order chi connectivity index (χ1) is 8.83. The molecule has 0 spiro atoms. The van der Waals surface area contributed by atoms with Gasteiger partial charge in [0.25, 0.3) is 0 Å². The standard InChI is InChI=1S/C15H20ClNO/c16-13-4-5-14-12(9-13)3-6-15(14)17-7-8-18-10-11-1-2-11/h4-5,9,11,15,17H,1-3,6-8,10H2. The number of fused-ring (bicyclic) bond motifs is 1. The van der Waals surface area contributed by atoms with E-state index in [4.69, 9.17) is 16.3 Å². The molecule has 1 fully saturated rings. The molecule has 3 rings (SSSR count). The summed E-state index contributed by atoms with van der Waals surface area (Å²) in [6.45, 7) is 2.73. The van der Waals surface area contributed by atoms with Gasteiger partial charge in [0.05, 0.1) is 6.61 Å². The molecule has 1 atom stereocenters. The second-order valence-corrected chi connectivity index (χ2v) is 5.84. The molecule has 1 aromatic rings. The Balaban J connectivity index is 1.44. The van der Waals surface area contributed by atoms with Gasteiger partial charge >= 0.3 is 0 Å². The minimum atomic E-state index is 0.488. The number of aryl methyl sites for hydroxylation is 1. The zero-order valence-electron chi connectivity index (χ0n) is 10.6. The van der Waals surface area contributed by atoms with Crippen LogP contribution in [-0.4, -0.2) is 19.8 Å². The minimum absolute atomic E-state index is 0.488. The average Bonchev–Trinajstić information content (AvgIpc) is 3.10. The van der Waals surface area contributed by atoms with E-state index in [1.165, 1.54) is 30.4 Å². The molecule has 0 radical (unpaired) electrons. The van der Waals surface area contributed by atoms with E-state index in [1.54, 1.807) is 0 Å². The molecule has 2 aliphatic rings. The van der Waals surface area contributed by atoms with Crippen LogP contribution in [0.15, 0.2) is 18.2 Å². The Labute approximate surface area is 114 Å². The van der Waals surface area contributed by atoms with Crippen molar-refractivity contribution in [2.24, 2.45) is 5.92 Å². The van der Waals surface area contributed by atoms with Crippen LogP contribution < -0.4 is 5.32 Å². The molecule has 2 nitrogen and oxygen atoms in total. The van der Waals surface area contributed by atoms with Gasteiger partial charge in [-0.05, 0) is 54.9 Å². The Morgan fingerprint density at radius 3 is 3.00 bits per heavy atom. The predicted molar refractivity (Wildman–Crippen MR) is 74.1 cm³/mol. The van der Waals surface area contributed by atoms with E-state index in [9.17, 15) is 0 Å². The fourth-order valence-corrected chi connectivity index (χ4v) is 2.83. The maximum Gasteiger partial charge on any atom is 0.0591 e. The molecule has 0 bridgehead atoms. The summed E-state index contributed by atoms with van der Waals surface area (Å²) in [7, 11) is 0. The van der Waals surface area contributed by atoms with E-state index in [2.05, 4.69) is 17.4 Å². The van der Waals surface area contributed by atoms with Crippen molar-refractivity contribution in [3.63, 3.8) is 0 Å². The normalized spacial score (nSPS) is 22.2. The highest BCUT2D eigenvalue weighted by Crippen LogP contribution is 2.32. The molecule has 0 saturated heterocycles. The molecule has 18 heavy (non-hydrogen) atoms. The molecule has 1 unspecified atom stereocenters. The SMILES string of the molecule is Clc1ccc2c(c1)CCC2NCCOCC1CC1. The number of rotatable bonds is 6. The molecule has 0 aliphatic heterocycles. The fourth-order valence-electron chi connectivity index (χ4n) is 2.64. The van der Waals surface area contributed by atoms with Crippen molar-refractivity contribution in [3.8, 4) is 0 Å². The smallest absolute Gasteiger partial charge is 0.0591 e. The summed E-state index contributed by atoms with van der Waals surface area (Å²) in [6.07, 6.45) is 5.04. The minimum Gasteiger partial charge on any atom is -0.380 e. The van der Waals surface area contributed by atoms with Crippen LogP contribution in [0.5, 0.6) is 0 Å². The second kappa shape index (κ2) is 5.60. The Morgan fingerprint density at radius 1 is 1.28 bits per heavy atom. The van der Waals surface area contributed by atoms with Gasteiger partial charge in [0.15, 0.2) is 0 Å². The zero-order chi connectivity index (χ0) is 12.4. The molecule has 2 aliphatic carbocycles. The number of ether oxygens (including phenoxy) is 1. The molecule has 1 N–H and O–H groups in total. The second-order valence-electron chi connectivity index (χ2n) is 5.41. The third kappa shape index (κ3) is 3.05. The molecular weight excluding hydrogens is 246 g/mol. The van der Waals surface area contributed by atoms with E-state index in [-0.39, 0.29) is 0 Å². The van der Waals surface area contributed by atoms with Gasteiger partial charge in [-0.1, -0.05) is 17.7 Å². The number of hydrogen-bond acceptors (Lipinski definition) is 2. The van der Waals surface area contributed by atoms with E-state index < -0.39 is 0 Å². The highest BCUT2D eigenvalue weighted by molar-refractivity contribution is 6.30. The lowest BCUT2D eigenvalue weighted by molar-refractivity contribution is 0.124. The largest absolute Gasteiger partial charge is 0.380 e. The Morgan fingerprint density at radius 2 is 2.17 bits per heavy atom. The molecule has 0 amide bonds. The predicted octanol–water partition coefficient (Wildman–Crippen LogP) is 3.34. The third-order valence-electron chi connectivity index (χ3n) is 3.87. The van der Waals surface area contributed by atoms with Crippen LogP contribution in [0.1, 0.15) is 36.4 Å². The van der Waals surface area contributed by atoms with E-state index in [1.807, 2.05) is 6.07 Å². The first-order valence-corrected chi connectivity index (χ1v) is 7.30. The number of hydrogen-bond donors (Lipinski definition) is 1. The van der Waals surface area contributed by atoms with Gasteiger partial charge < -0.3 is 10.1 Å². The monoisotopic (exact) mass is 265 g/mol. The van der Waals surface area contributed by atoms with E-state index in [0.717, 1.165) is 37.1 Å². The van der Waals surface area contributed by atoms with E-state index in [0.29, 0.717) is 6.04 Å². The summed E-state index contributed by atoms with van der Waals surface area (Å²) >= 11 is 6.01. The molecule has 1 aromatic carbocycles. The highest BCUT2D eigenvalue weighted by Gasteiger charge is 2.22.